The number of aliphatic imine (C=N–C) groups is 1. The molecule has 2 heterocycles. The van der Waals surface area contributed by atoms with Crippen LogP contribution in [0.15, 0.2) is 4.99 Å². The van der Waals surface area contributed by atoms with Gasteiger partial charge in [0.2, 0.25) is 0 Å². The highest BCUT2D eigenvalue weighted by molar-refractivity contribution is 5.73. The van der Waals surface area contributed by atoms with Crippen molar-refractivity contribution in [2.75, 3.05) is 26.2 Å². The summed E-state index contributed by atoms with van der Waals surface area (Å²) in [6.45, 7) is 1.81. The van der Waals surface area contributed by atoms with Crippen molar-refractivity contribution in [1.82, 2.24) is 0 Å². The number of alkyl halides is 3. The van der Waals surface area contributed by atoms with Gasteiger partial charge in [0, 0.05) is 19.4 Å². The number of hydrogen-bond donors (Lipinski definition) is 1. The Bertz CT molecular complexity index is 254. The zero-order chi connectivity index (χ0) is 12.7. The molecule has 0 radical (unpaired) electrons. The monoisotopic (exact) mass is 252 g/mol. The minimum Gasteiger partial charge on any atom is -0.848 e. The topological polar surface area (TPSA) is 39.9 Å². The molecular formula is C11H19F3N2O. The standard InChI is InChI=1S/C9H16N2.C2H2F3O/c1-2-5-9-10-6-4-8-11(9)7-3-1;3-2(4,5)1-6/h1-8H2;1H2/q;-1/p+1. The van der Waals surface area contributed by atoms with Gasteiger partial charge in [0.05, 0.1) is 13.1 Å². The smallest absolute Gasteiger partial charge is 0.374 e. The molecule has 6 heteroatoms. The van der Waals surface area contributed by atoms with Crippen LogP contribution in [-0.2, 0) is 0 Å². The van der Waals surface area contributed by atoms with Crippen LogP contribution in [0.4, 0.5) is 13.2 Å². The second-order valence-electron chi connectivity index (χ2n) is 4.36. The van der Waals surface area contributed by atoms with E-state index in [1.807, 2.05) is 0 Å². The number of quaternary nitrogens is 1. The van der Waals surface area contributed by atoms with E-state index in [0.717, 1.165) is 6.54 Å². The minimum absolute atomic E-state index is 1.10. The molecule has 2 aliphatic rings. The Morgan fingerprint density at radius 2 is 1.76 bits per heavy atom. The molecule has 0 aromatic rings. The second kappa shape index (κ2) is 6.96. The van der Waals surface area contributed by atoms with E-state index in [2.05, 4.69) is 4.99 Å². The first-order chi connectivity index (χ1) is 8.03. The molecule has 100 valence electrons. The largest absolute Gasteiger partial charge is 0.848 e. The molecule has 1 fully saturated rings. The van der Waals surface area contributed by atoms with E-state index in [-0.39, 0.29) is 0 Å². The maximum atomic E-state index is 10.5. The van der Waals surface area contributed by atoms with Crippen LogP contribution in [0, 0.1) is 0 Å². The van der Waals surface area contributed by atoms with Gasteiger partial charge in [-0.25, -0.2) is 4.99 Å². The Balaban J connectivity index is 0.000000209. The number of nitrogens with zero attached hydrogens (tertiary/aromatic N) is 1. The molecule has 0 aromatic heterocycles. The number of rotatable bonds is 0. The predicted octanol–water partition coefficient (Wildman–Crippen LogP) is 0.157. The van der Waals surface area contributed by atoms with Crippen LogP contribution in [-0.4, -0.2) is 38.3 Å². The van der Waals surface area contributed by atoms with Crippen molar-refractivity contribution in [3.8, 4) is 0 Å². The number of amidine groups is 1. The first-order valence-corrected chi connectivity index (χ1v) is 6.06. The molecule has 0 amide bonds. The van der Waals surface area contributed by atoms with Crippen LogP contribution in [0.25, 0.3) is 0 Å². The van der Waals surface area contributed by atoms with Gasteiger partial charge in [-0.3, -0.25) is 4.90 Å². The van der Waals surface area contributed by atoms with Crippen LogP contribution < -0.4 is 10.0 Å². The van der Waals surface area contributed by atoms with Gasteiger partial charge in [0.15, 0.2) is 5.84 Å². The van der Waals surface area contributed by atoms with Crippen molar-refractivity contribution in [2.24, 2.45) is 4.99 Å². The lowest BCUT2D eigenvalue weighted by atomic mass is 10.2. The summed E-state index contributed by atoms with van der Waals surface area (Å²) in [6.07, 6.45) is 2.27. The first-order valence-electron chi connectivity index (χ1n) is 6.06. The molecule has 1 unspecified atom stereocenters. The normalized spacial score (nSPS) is 24.9. The molecule has 3 nitrogen and oxygen atoms in total. The predicted molar refractivity (Wildman–Crippen MR) is 57.0 cm³/mol. The highest BCUT2D eigenvalue weighted by atomic mass is 19.4. The Labute approximate surface area is 99.3 Å². The SMILES string of the molecule is C1CCC2=NCCC[NH+]2CC1.[O-]CC(F)(F)F. The van der Waals surface area contributed by atoms with E-state index in [4.69, 9.17) is 5.11 Å². The van der Waals surface area contributed by atoms with Crippen molar-refractivity contribution < 1.29 is 23.2 Å². The van der Waals surface area contributed by atoms with Gasteiger partial charge in [-0.15, -0.1) is 0 Å². The molecule has 2 aliphatic heterocycles. The van der Waals surface area contributed by atoms with Gasteiger partial charge in [-0.2, -0.15) is 13.2 Å². The van der Waals surface area contributed by atoms with Crippen molar-refractivity contribution in [1.29, 1.82) is 0 Å². The van der Waals surface area contributed by atoms with Crippen LogP contribution in [0.2, 0.25) is 0 Å². The van der Waals surface area contributed by atoms with Crippen molar-refractivity contribution in [3.05, 3.63) is 0 Å². The fourth-order valence-corrected chi connectivity index (χ4v) is 2.10. The van der Waals surface area contributed by atoms with E-state index in [9.17, 15) is 13.2 Å². The molecular weight excluding hydrogens is 233 g/mol. The van der Waals surface area contributed by atoms with Crippen LogP contribution in [0.1, 0.15) is 32.1 Å². The van der Waals surface area contributed by atoms with Gasteiger partial charge >= 0.3 is 6.18 Å². The maximum absolute atomic E-state index is 10.5. The lowest BCUT2D eigenvalue weighted by Gasteiger charge is -2.21. The summed E-state index contributed by atoms with van der Waals surface area (Å²) in [4.78, 5) is 6.28. The molecule has 0 aliphatic carbocycles. The Morgan fingerprint density at radius 1 is 1.12 bits per heavy atom. The zero-order valence-corrected chi connectivity index (χ0v) is 9.85. The Kier molecular flexibility index (Phi) is 5.91. The fourth-order valence-electron chi connectivity index (χ4n) is 2.10. The van der Waals surface area contributed by atoms with Crippen LogP contribution in [0.5, 0.6) is 0 Å². The second-order valence-corrected chi connectivity index (χ2v) is 4.36. The van der Waals surface area contributed by atoms with E-state index < -0.39 is 12.8 Å². The highest BCUT2D eigenvalue weighted by Gasteiger charge is 2.22. The van der Waals surface area contributed by atoms with Gasteiger partial charge in [-0.05, 0) is 25.9 Å². The number of hydrogen-bond acceptors (Lipinski definition) is 2. The lowest BCUT2D eigenvalue weighted by Crippen LogP contribution is -3.15. The third kappa shape index (κ3) is 6.02. The first kappa shape index (κ1) is 14.4. The summed E-state index contributed by atoms with van der Waals surface area (Å²) in [5.41, 5.74) is 0. The maximum Gasteiger partial charge on any atom is 0.374 e. The summed E-state index contributed by atoms with van der Waals surface area (Å²) < 4.78 is 31.4. The van der Waals surface area contributed by atoms with Crippen molar-refractivity contribution >= 4 is 5.84 Å². The van der Waals surface area contributed by atoms with E-state index in [1.165, 1.54) is 51.0 Å². The fraction of sp³-hybridized carbons (Fsp3) is 0.909. The molecule has 0 saturated carbocycles. The highest BCUT2D eigenvalue weighted by Crippen LogP contribution is 2.09. The van der Waals surface area contributed by atoms with Gasteiger partial charge in [0.25, 0.3) is 0 Å². The number of halogens is 3. The minimum atomic E-state index is -4.51. The quantitative estimate of drug-likeness (QED) is 0.655. The summed E-state index contributed by atoms with van der Waals surface area (Å²) in [6, 6.07) is 0. The lowest BCUT2D eigenvalue weighted by molar-refractivity contribution is -0.809. The van der Waals surface area contributed by atoms with Crippen LogP contribution >= 0.6 is 0 Å². The molecule has 1 N–H and O–H groups in total. The summed E-state index contributed by atoms with van der Waals surface area (Å²) >= 11 is 0. The van der Waals surface area contributed by atoms with E-state index in [1.54, 1.807) is 4.90 Å². The molecule has 0 bridgehead atoms. The average molecular weight is 252 g/mol. The number of fused-ring (bicyclic) bond motifs is 1. The van der Waals surface area contributed by atoms with E-state index in [0.29, 0.717) is 0 Å². The number of nitrogens with one attached hydrogen (secondary N) is 1. The van der Waals surface area contributed by atoms with Crippen LogP contribution in [0.3, 0.4) is 0 Å². The van der Waals surface area contributed by atoms with Crippen molar-refractivity contribution in [2.45, 2.75) is 38.3 Å². The summed E-state index contributed by atoms with van der Waals surface area (Å²) in [5, 5.41) is 8.83. The molecule has 17 heavy (non-hydrogen) atoms. The average Bonchev–Trinajstić information content (AvgIpc) is 2.54. The summed E-state index contributed by atoms with van der Waals surface area (Å²) in [5.74, 6) is 1.48. The van der Waals surface area contributed by atoms with Gasteiger partial charge in [0.1, 0.15) is 0 Å². The third-order valence-corrected chi connectivity index (χ3v) is 2.90. The zero-order valence-electron chi connectivity index (χ0n) is 9.85. The molecule has 2 rings (SSSR count). The molecule has 0 aromatic carbocycles. The molecule has 1 atom stereocenters. The Morgan fingerprint density at radius 3 is 2.41 bits per heavy atom. The summed E-state index contributed by atoms with van der Waals surface area (Å²) in [7, 11) is 0. The third-order valence-electron chi connectivity index (χ3n) is 2.90. The molecule has 0 spiro atoms. The van der Waals surface area contributed by atoms with Gasteiger partial charge in [-0.1, -0.05) is 0 Å². The van der Waals surface area contributed by atoms with Crippen molar-refractivity contribution in [3.63, 3.8) is 0 Å². The van der Waals surface area contributed by atoms with E-state index >= 15 is 0 Å². The van der Waals surface area contributed by atoms with Gasteiger partial charge < -0.3 is 5.11 Å². The Hall–Kier alpha value is -0.620. The molecule has 1 saturated heterocycles.